The van der Waals surface area contributed by atoms with Gasteiger partial charge in [0.15, 0.2) is 5.84 Å². The van der Waals surface area contributed by atoms with Gasteiger partial charge in [0.05, 0.1) is 11.3 Å². The molecule has 0 radical (unpaired) electrons. The number of carboxylic acids is 1. The molecule has 0 unspecified atom stereocenters. The molecule has 0 aromatic heterocycles. The fourth-order valence-corrected chi connectivity index (χ4v) is 2.53. The van der Waals surface area contributed by atoms with Crippen molar-refractivity contribution in [2.24, 2.45) is 4.99 Å². The van der Waals surface area contributed by atoms with Crippen LogP contribution in [-0.4, -0.2) is 47.1 Å². The van der Waals surface area contributed by atoms with Crippen molar-refractivity contribution in [3.63, 3.8) is 0 Å². The summed E-state index contributed by atoms with van der Waals surface area (Å²) in [4.78, 5) is 13.4. The molecule has 0 amide bonds. The molecular weight excluding hydrogens is 399 g/mol. The summed E-state index contributed by atoms with van der Waals surface area (Å²) in [5.74, 6) is -2.13. The zero-order valence-corrected chi connectivity index (χ0v) is 15.3. The van der Waals surface area contributed by atoms with Crippen LogP contribution in [0.15, 0.2) is 53.5 Å². The average molecular weight is 414 g/mol. The zero-order chi connectivity index (χ0) is 20.9. The lowest BCUT2D eigenvalue weighted by molar-refractivity contribution is -0.439. The van der Waals surface area contributed by atoms with Crippen molar-refractivity contribution in [2.45, 2.75) is 6.18 Å². The van der Waals surface area contributed by atoms with Crippen LogP contribution in [0.2, 0.25) is 5.02 Å². The number of aliphatic carboxylic acids is 1. The summed E-state index contributed by atoms with van der Waals surface area (Å²) in [5, 5.41) is 23.2. The minimum Gasteiger partial charge on any atom is -0.623 e. The predicted octanol–water partition coefficient (Wildman–Crippen LogP) is 3.58. The molecular formula is C18H15ClF3N3O3. The Morgan fingerprint density at radius 3 is 2.39 bits per heavy atom. The number of likely N-dealkylation sites (N-methyl/N-ethyl adjacent to an activating group) is 1. The lowest BCUT2D eigenvalue weighted by Crippen LogP contribution is -2.29. The highest BCUT2D eigenvalue weighted by Crippen LogP contribution is 2.28. The molecule has 2 N–H and O–H groups in total. The van der Waals surface area contributed by atoms with E-state index in [1.807, 2.05) is 36.4 Å². The Balaban J connectivity index is 0.000000345. The second-order valence-electron chi connectivity index (χ2n) is 5.52. The van der Waals surface area contributed by atoms with E-state index in [9.17, 15) is 18.4 Å². The smallest absolute Gasteiger partial charge is 0.490 e. The van der Waals surface area contributed by atoms with E-state index in [0.29, 0.717) is 16.6 Å². The third kappa shape index (κ3) is 5.23. The lowest BCUT2D eigenvalue weighted by Gasteiger charge is -2.10. The van der Waals surface area contributed by atoms with E-state index in [0.717, 1.165) is 21.6 Å². The Morgan fingerprint density at radius 2 is 1.86 bits per heavy atom. The Bertz CT molecular complexity index is 929. The number of hydrogen-bond acceptors (Lipinski definition) is 4. The average Bonchev–Trinajstić information content (AvgIpc) is 2.77. The normalized spacial score (nSPS) is 13.5. The first-order valence-electron chi connectivity index (χ1n) is 7.86. The largest absolute Gasteiger partial charge is 0.623 e. The van der Waals surface area contributed by atoms with Crippen LogP contribution in [-0.2, 0) is 4.79 Å². The Kier molecular flexibility index (Phi) is 6.63. The Hall–Kier alpha value is -3.07. The summed E-state index contributed by atoms with van der Waals surface area (Å²) < 4.78 is 32.7. The number of rotatable bonds is 1. The van der Waals surface area contributed by atoms with Gasteiger partial charge in [-0.25, -0.2) is 9.79 Å². The van der Waals surface area contributed by atoms with E-state index in [2.05, 4.69) is 10.3 Å². The molecule has 2 aromatic carbocycles. The van der Waals surface area contributed by atoms with E-state index in [1.54, 1.807) is 19.2 Å². The summed E-state index contributed by atoms with van der Waals surface area (Å²) in [6.07, 6.45) is -5.08. The van der Waals surface area contributed by atoms with Crippen molar-refractivity contribution in [1.29, 1.82) is 0 Å². The molecule has 6 nitrogen and oxygen atoms in total. The summed E-state index contributed by atoms with van der Waals surface area (Å²) >= 11 is 6.10. The monoisotopic (exact) mass is 413 g/mol. The fourth-order valence-electron chi connectivity index (χ4n) is 2.36. The number of hydrogen-bond donors (Lipinski definition) is 2. The summed E-state index contributed by atoms with van der Waals surface area (Å²) in [5.41, 5.74) is 2.92. The maximum atomic E-state index is 12.6. The number of carbonyl (C=O) groups is 1. The third-order valence-corrected chi connectivity index (χ3v) is 3.83. The molecule has 0 aliphatic carbocycles. The third-order valence-electron chi connectivity index (χ3n) is 3.59. The quantitative estimate of drug-likeness (QED) is 0.552. The number of carboxylic acid groups (broad SMARTS) is 1. The number of aliphatic imine (C=N–C) groups is 1. The highest BCUT2D eigenvalue weighted by atomic mass is 35.5. The SMILES string of the molecule is CNC1=Nc2ccc(Cl)cc2C(c2ccccc2)=[N+]([O-])C1.O=C(O)C(F)(F)F. The van der Waals surface area contributed by atoms with Crippen LogP contribution in [0.1, 0.15) is 11.1 Å². The van der Waals surface area contributed by atoms with Crippen molar-refractivity contribution in [1.82, 2.24) is 5.32 Å². The molecule has 0 saturated carbocycles. The van der Waals surface area contributed by atoms with Crippen LogP contribution in [0.5, 0.6) is 0 Å². The summed E-state index contributed by atoms with van der Waals surface area (Å²) in [6, 6.07) is 15.0. The number of benzene rings is 2. The van der Waals surface area contributed by atoms with Crippen LogP contribution < -0.4 is 5.32 Å². The number of hydroxylamine groups is 1. The minimum atomic E-state index is -5.08. The van der Waals surface area contributed by atoms with Gasteiger partial charge in [-0.05, 0) is 30.3 Å². The van der Waals surface area contributed by atoms with E-state index in [1.165, 1.54) is 0 Å². The van der Waals surface area contributed by atoms with E-state index in [4.69, 9.17) is 21.5 Å². The van der Waals surface area contributed by atoms with Crippen LogP contribution in [0, 0.1) is 5.21 Å². The van der Waals surface area contributed by atoms with Gasteiger partial charge < -0.3 is 15.6 Å². The number of fused-ring (bicyclic) bond motifs is 1. The van der Waals surface area contributed by atoms with Crippen LogP contribution in [0.3, 0.4) is 0 Å². The molecule has 28 heavy (non-hydrogen) atoms. The standard InChI is InChI=1S/C16H14ClN3O.C2HF3O2/c1-18-15-10-20(21)16(11-5-3-2-4-6-11)13-9-12(17)7-8-14(13)19-15;3-2(4,5)1(6)7/h2-9H,10H2,1H3,(H,18,19);(H,6,7). The molecule has 1 aliphatic rings. The van der Waals surface area contributed by atoms with Crippen molar-refractivity contribution >= 4 is 34.8 Å². The second kappa shape index (κ2) is 8.75. The molecule has 0 fully saturated rings. The maximum absolute atomic E-state index is 12.6. The van der Waals surface area contributed by atoms with Gasteiger partial charge in [0.2, 0.25) is 12.3 Å². The molecule has 10 heteroatoms. The molecule has 0 spiro atoms. The fraction of sp³-hybridized carbons (Fsp3) is 0.167. The first-order valence-corrected chi connectivity index (χ1v) is 8.23. The Labute approximate surface area is 163 Å². The minimum absolute atomic E-state index is 0.174. The van der Waals surface area contributed by atoms with Crippen molar-refractivity contribution < 1.29 is 27.8 Å². The molecule has 0 bridgehead atoms. The summed E-state index contributed by atoms with van der Waals surface area (Å²) in [6.45, 7) is 0.174. The molecule has 2 aromatic rings. The number of halogens is 4. The molecule has 0 atom stereocenters. The van der Waals surface area contributed by atoms with Crippen molar-refractivity contribution in [3.05, 3.63) is 69.9 Å². The van der Waals surface area contributed by atoms with Gasteiger partial charge >= 0.3 is 12.1 Å². The second-order valence-corrected chi connectivity index (χ2v) is 5.96. The lowest BCUT2D eigenvalue weighted by atomic mass is 10.0. The maximum Gasteiger partial charge on any atom is 0.490 e. The van der Waals surface area contributed by atoms with Gasteiger partial charge in [0.1, 0.15) is 0 Å². The topological polar surface area (TPSA) is 87.8 Å². The molecule has 0 saturated heterocycles. The molecule has 3 rings (SSSR count). The van der Waals surface area contributed by atoms with Gasteiger partial charge in [-0.2, -0.15) is 17.9 Å². The highest BCUT2D eigenvalue weighted by molar-refractivity contribution is 6.31. The van der Waals surface area contributed by atoms with E-state index >= 15 is 0 Å². The van der Waals surface area contributed by atoms with Crippen LogP contribution in [0.25, 0.3) is 0 Å². The molecule has 1 aliphatic heterocycles. The van der Waals surface area contributed by atoms with Gasteiger partial charge in [0.25, 0.3) is 0 Å². The zero-order valence-electron chi connectivity index (χ0n) is 14.5. The number of amidine groups is 1. The first kappa shape index (κ1) is 21.2. The van der Waals surface area contributed by atoms with Gasteiger partial charge in [0, 0.05) is 17.6 Å². The number of alkyl halides is 3. The molecule has 1 heterocycles. The van der Waals surface area contributed by atoms with Gasteiger partial charge in [-0.3, -0.25) is 0 Å². The van der Waals surface area contributed by atoms with Crippen LogP contribution >= 0.6 is 11.6 Å². The van der Waals surface area contributed by atoms with E-state index < -0.39 is 12.1 Å². The number of nitrogens with one attached hydrogen (secondary N) is 1. The summed E-state index contributed by atoms with van der Waals surface area (Å²) in [7, 11) is 1.76. The first-order chi connectivity index (χ1) is 13.1. The predicted molar refractivity (Wildman–Crippen MR) is 99.4 cm³/mol. The van der Waals surface area contributed by atoms with Gasteiger partial charge in [-0.15, -0.1) is 0 Å². The van der Waals surface area contributed by atoms with Crippen molar-refractivity contribution in [3.8, 4) is 0 Å². The number of nitrogens with zero attached hydrogens (tertiary/aromatic N) is 2. The highest BCUT2D eigenvalue weighted by Gasteiger charge is 2.38. The molecule has 148 valence electrons. The van der Waals surface area contributed by atoms with Crippen LogP contribution in [0.4, 0.5) is 18.9 Å². The van der Waals surface area contributed by atoms with E-state index in [-0.39, 0.29) is 6.54 Å². The Morgan fingerprint density at radius 1 is 1.25 bits per heavy atom. The van der Waals surface area contributed by atoms with Crippen molar-refractivity contribution in [2.75, 3.05) is 13.6 Å². The van der Waals surface area contributed by atoms with Gasteiger partial charge in [-0.1, -0.05) is 29.8 Å².